The van der Waals surface area contributed by atoms with Gasteiger partial charge in [0.1, 0.15) is 0 Å². The van der Waals surface area contributed by atoms with Gasteiger partial charge in [-0.25, -0.2) is 4.79 Å². The maximum Gasteiger partial charge on any atom is 0.334 e. The van der Waals surface area contributed by atoms with E-state index in [1.165, 1.54) is 0 Å². The molecule has 0 aliphatic rings. The average molecular weight is 163 g/mol. The van der Waals surface area contributed by atoms with Crippen LogP contribution in [0.15, 0.2) is 12.2 Å². The van der Waals surface area contributed by atoms with Crippen LogP contribution in [0.25, 0.3) is 0 Å². The van der Waals surface area contributed by atoms with Crippen molar-refractivity contribution in [1.82, 2.24) is 0 Å². The number of carbonyl (C=O) groups is 1. The van der Waals surface area contributed by atoms with E-state index >= 15 is 0 Å². The van der Waals surface area contributed by atoms with E-state index in [2.05, 4.69) is 11.3 Å². The third-order valence-electron chi connectivity index (χ3n) is 0.904. The van der Waals surface area contributed by atoms with E-state index in [-0.39, 0.29) is 0 Å². The summed E-state index contributed by atoms with van der Waals surface area (Å²) >= 11 is 5.52. The largest absolute Gasteiger partial charge is 0.443 e. The summed E-state index contributed by atoms with van der Waals surface area (Å²) in [6.07, 6.45) is 0.612. The molecule has 0 saturated heterocycles. The molecule has 0 heterocycles. The van der Waals surface area contributed by atoms with Gasteiger partial charge < -0.3 is 4.74 Å². The second kappa shape index (κ2) is 4.34. The fourth-order valence-electron chi connectivity index (χ4n) is 0.300. The number of hydrogen-bond acceptors (Lipinski definition) is 2. The number of carbonyl (C=O) groups excluding carboxylic acids is 1. The molecular weight excluding hydrogens is 152 g/mol. The van der Waals surface area contributed by atoms with Crippen LogP contribution in [0.5, 0.6) is 0 Å². The molecule has 0 aromatic heterocycles. The van der Waals surface area contributed by atoms with E-state index in [0.29, 0.717) is 12.0 Å². The Morgan fingerprint density at radius 2 is 2.30 bits per heavy atom. The molecule has 0 radical (unpaired) electrons. The van der Waals surface area contributed by atoms with Crippen LogP contribution in [0, 0.1) is 0 Å². The zero-order chi connectivity index (χ0) is 8.15. The highest BCUT2D eigenvalue weighted by molar-refractivity contribution is 6.20. The Kier molecular flexibility index (Phi) is 4.12. The molecule has 0 fully saturated rings. The first kappa shape index (κ1) is 9.50. The van der Waals surface area contributed by atoms with Crippen LogP contribution in [0.1, 0.15) is 20.3 Å². The molecule has 0 rings (SSSR count). The first-order valence-corrected chi connectivity index (χ1v) is 3.52. The van der Waals surface area contributed by atoms with E-state index in [0.717, 1.165) is 0 Å². The molecule has 0 aliphatic heterocycles. The Labute approximate surface area is 65.8 Å². The second-order valence-corrected chi connectivity index (χ2v) is 2.49. The first-order valence-electron chi connectivity index (χ1n) is 3.08. The molecule has 0 spiro atoms. The van der Waals surface area contributed by atoms with Crippen molar-refractivity contribution in [3.8, 4) is 0 Å². The van der Waals surface area contributed by atoms with Crippen molar-refractivity contribution in [3.63, 3.8) is 0 Å². The second-order valence-electron chi connectivity index (χ2n) is 2.00. The van der Waals surface area contributed by atoms with Crippen LogP contribution in [0.4, 0.5) is 0 Å². The molecular formula is C7H11ClO2. The molecule has 0 amide bonds. The maximum atomic E-state index is 10.7. The number of esters is 1. The molecule has 2 nitrogen and oxygen atoms in total. The van der Waals surface area contributed by atoms with Gasteiger partial charge in [-0.2, -0.15) is 0 Å². The van der Waals surface area contributed by atoms with Crippen molar-refractivity contribution in [2.24, 2.45) is 0 Å². The van der Waals surface area contributed by atoms with Gasteiger partial charge in [0.05, 0.1) is 0 Å². The van der Waals surface area contributed by atoms with Crippen LogP contribution in [-0.4, -0.2) is 11.5 Å². The lowest BCUT2D eigenvalue weighted by atomic mass is 10.4. The topological polar surface area (TPSA) is 26.3 Å². The van der Waals surface area contributed by atoms with E-state index in [4.69, 9.17) is 11.6 Å². The molecule has 0 N–H and O–H groups in total. The number of alkyl halides is 1. The third kappa shape index (κ3) is 3.51. The zero-order valence-corrected chi connectivity index (χ0v) is 6.94. The van der Waals surface area contributed by atoms with Gasteiger partial charge in [0.15, 0.2) is 5.56 Å². The van der Waals surface area contributed by atoms with Gasteiger partial charge in [-0.1, -0.05) is 25.1 Å². The molecule has 1 unspecified atom stereocenters. The lowest BCUT2D eigenvalue weighted by Crippen LogP contribution is -2.11. The first-order chi connectivity index (χ1) is 4.57. The van der Waals surface area contributed by atoms with Crippen LogP contribution >= 0.6 is 11.6 Å². The van der Waals surface area contributed by atoms with Crippen LogP contribution in [0.2, 0.25) is 0 Å². The molecule has 0 bridgehead atoms. The Bertz CT molecular complexity index is 143. The molecule has 3 heteroatoms. The van der Waals surface area contributed by atoms with Crippen molar-refractivity contribution < 1.29 is 9.53 Å². The average Bonchev–Trinajstić information content (AvgIpc) is 1.87. The molecule has 10 heavy (non-hydrogen) atoms. The van der Waals surface area contributed by atoms with E-state index in [1.54, 1.807) is 6.92 Å². The van der Waals surface area contributed by atoms with Gasteiger partial charge in [-0.05, 0) is 13.3 Å². The predicted molar refractivity (Wildman–Crippen MR) is 40.8 cm³/mol. The number of rotatable bonds is 3. The highest BCUT2D eigenvalue weighted by Gasteiger charge is 2.08. The third-order valence-corrected chi connectivity index (χ3v) is 1.30. The smallest absolute Gasteiger partial charge is 0.334 e. The van der Waals surface area contributed by atoms with Gasteiger partial charge in [0.2, 0.25) is 0 Å². The van der Waals surface area contributed by atoms with Crippen molar-refractivity contribution in [2.75, 3.05) is 0 Å². The van der Waals surface area contributed by atoms with Gasteiger partial charge in [0.25, 0.3) is 0 Å². The normalized spacial score (nSPS) is 12.3. The number of halogens is 1. The highest BCUT2D eigenvalue weighted by atomic mass is 35.5. The summed E-state index contributed by atoms with van der Waals surface area (Å²) in [5, 5.41) is 0. The standard InChI is InChI=1S/C7H11ClO2/c1-4-6(8)10-7(9)5(2)3/h6H,2,4H2,1,3H3. The minimum atomic E-state index is -0.524. The minimum Gasteiger partial charge on any atom is -0.443 e. The Hall–Kier alpha value is -0.500. The van der Waals surface area contributed by atoms with Gasteiger partial charge in [-0.3, -0.25) is 0 Å². The summed E-state index contributed by atoms with van der Waals surface area (Å²) in [4.78, 5) is 10.7. The lowest BCUT2D eigenvalue weighted by Gasteiger charge is -2.07. The van der Waals surface area contributed by atoms with Crippen molar-refractivity contribution in [1.29, 1.82) is 0 Å². The minimum absolute atomic E-state index is 0.374. The maximum absolute atomic E-state index is 10.7. The van der Waals surface area contributed by atoms with Crippen LogP contribution in [0.3, 0.4) is 0 Å². The molecule has 0 aromatic rings. The zero-order valence-electron chi connectivity index (χ0n) is 6.19. The van der Waals surface area contributed by atoms with Crippen molar-refractivity contribution in [3.05, 3.63) is 12.2 Å². The number of ether oxygens (including phenoxy) is 1. The highest BCUT2D eigenvalue weighted by Crippen LogP contribution is 2.05. The van der Waals surface area contributed by atoms with Gasteiger partial charge in [-0.15, -0.1) is 0 Å². The van der Waals surface area contributed by atoms with E-state index in [1.807, 2.05) is 6.92 Å². The van der Waals surface area contributed by atoms with Crippen LogP contribution in [-0.2, 0) is 9.53 Å². The Morgan fingerprint density at radius 3 is 2.60 bits per heavy atom. The molecule has 0 aromatic carbocycles. The molecule has 1 atom stereocenters. The Morgan fingerprint density at radius 1 is 1.80 bits per heavy atom. The summed E-state index contributed by atoms with van der Waals surface area (Å²) in [5.41, 5.74) is -0.150. The summed E-state index contributed by atoms with van der Waals surface area (Å²) < 4.78 is 4.69. The van der Waals surface area contributed by atoms with Crippen molar-refractivity contribution >= 4 is 17.6 Å². The molecule has 0 saturated carbocycles. The lowest BCUT2D eigenvalue weighted by molar-refractivity contribution is -0.140. The SMILES string of the molecule is C=C(C)C(=O)OC(Cl)CC. The van der Waals surface area contributed by atoms with Gasteiger partial charge >= 0.3 is 5.97 Å². The molecule has 0 aliphatic carbocycles. The number of hydrogen-bond donors (Lipinski definition) is 0. The fourth-order valence-corrected chi connectivity index (χ4v) is 0.381. The van der Waals surface area contributed by atoms with Gasteiger partial charge in [0, 0.05) is 5.57 Å². The summed E-state index contributed by atoms with van der Waals surface area (Å²) in [7, 11) is 0. The summed E-state index contributed by atoms with van der Waals surface area (Å²) in [6, 6.07) is 0. The van der Waals surface area contributed by atoms with Crippen LogP contribution < -0.4 is 0 Å². The summed E-state index contributed by atoms with van der Waals surface area (Å²) in [5.74, 6) is -0.429. The summed E-state index contributed by atoms with van der Waals surface area (Å²) in [6.45, 7) is 6.83. The predicted octanol–water partition coefficient (Wildman–Crippen LogP) is 2.08. The van der Waals surface area contributed by atoms with Crippen molar-refractivity contribution in [2.45, 2.75) is 25.8 Å². The fraction of sp³-hybridized carbons (Fsp3) is 0.571. The Balaban J connectivity index is 3.68. The monoisotopic (exact) mass is 162 g/mol. The molecule has 58 valence electrons. The van der Waals surface area contributed by atoms with E-state index < -0.39 is 11.5 Å². The quantitative estimate of drug-likeness (QED) is 0.361. The van der Waals surface area contributed by atoms with E-state index in [9.17, 15) is 4.79 Å².